The van der Waals surface area contributed by atoms with Crippen molar-refractivity contribution >= 4 is 28.3 Å². The van der Waals surface area contributed by atoms with E-state index in [2.05, 4.69) is 23.6 Å². The molecule has 4 saturated carbocycles. The van der Waals surface area contributed by atoms with Gasteiger partial charge in [0, 0.05) is 18.4 Å². The van der Waals surface area contributed by atoms with E-state index < -0.39 is 0 Å². The number of amides is 1. The molecular formula is C24H31N3O. The summed E-state index contributed by atoms with van der Waals surface area (Å²) in [5.41, 5.74) is 2.09. The molecule has 0 spiro atoms. The van der Waals surface area contributed by atoms with Gasteiger partial charge in [0.05, 0.1) is 11.2 Å². The number of benzene rings is 1. The molecule has 0 aliphatic heterocycles. The van der Waals surface area contributed by atoms with Gasteiger partial charge in [0.2, 0.25) is 5.91 Å². The fourth-order valence-electron chi connectivity index (χ4n) is 6.66. The smallest absolute Gasteiger partial charge is 0.224 e. The molecule has 28 heavy (non-hydrogen) atoms. The lowest BCUT2D eigenvalue weighted by molar-refractivity contribution is -0.124. The van der Waals surface area contributed by atoms with Crippen LogP contribution in [-0.2, 0) is 4.79 Å². The minimum absolute atomic E-state index is 0.183. The Bertz CT molecular complexity index is 855. The molecule has 0 saturated heterocycles. The number of hydrogen-bond acceptors (Lipinski definition) is 3. The standard InChI is InChI=1S/C24H31N3O/c1-2-8-25-22-7-6-19-20(26-22)4-3-5-21(19)27-23(28)15-24-12-16-9-17(13-24)11-18(10-16)14-24/h3-7,16-18H,2,8-15H2,1H3,(H,25,26)(H,27,28). The highest BCUT2D eigenvalue weighted by Crippen LogP contribution is 2.61. The summed E-state index contributed by atoms with van der Waals surface area (Å²) in [5, 5.41) is 7.57. The Morgan fingerprint density at radius 1 is 1.07 bits per heavy atom. The van der Waals surface area contributed by atoms with Crippen molar-refractivity contribution in [2.45, 2.75) is 58.3 Å². The fourth-order valence-corrected chi connectivity index (χ4v) is 6.66. The van der Waals surface area contributed by atoms with Gasteiger partial charge < -0.3 is 10.6 Å². The number of rotatable bonds is 6. The van der Waals surface area contributed by atoms with Crippen LogP contribution in [-0.4, -0.2) is 17.4 Å². The van der Waals surface area contributed by atoms with E-state index >= 15 is 0 Å². The number of hydrogen-bond donors (Lipinski definition) is 2. The Labute approximate surface area is 167 Å². The van der Waals surface area contributed by atoms with Gasteiger partial charge in [-0.2, -0.15) is 0 Å². The average Bonchev–Trinajstić information content (AvgIpc) is 2.64. The van der Waals surface area contributed by atoms with Crippen LogP contribution in [0.2, 0.25) is 0 Å². The summed E-state index contributed by atoms with van der Waals surface area (Å²) in [5.74, 6) is 3.73. The highest BCUT2D eigenvalue weighted by Gasteiger charge is 2.51. The molecular weight excluding hydrogens is 346 g/mol. The molecule has 4 heteroatoms. The molecule has 1 aromatic carbocycles. The van der Waals surface area contributed by atoms with Gasteiger partial charge in [0.25, 0.3) is 0 Å². The van der Waals surface area contributed by atoms with Crippen LogP contribution in [0.25, 0.3) is 10.9 Å². The maximum absolute atomic E-state index is 13.0. The molecule has 148 valence electrons. The van der Waals surface area contributed by atoms with Gasteiger partial charge >= 0.3 is 0 Å². The number of aromatic nitrogens is 1. The highest BCUT2D eigenvalue weighted by atomic mass is 16.1. The van der Waals surface area contributed by atoms with Crippen LogP contribution in [0, 0.1) is 23.2 Å². The van der Waals surface area contributed by atoms with Gasteiger partial charge in [0.15, 0.2) is 0 Å². The summed E-state index contributed by atoms with van der Waals surface area (Å²) in [6, 6.07) is 10.1. The Morgan fingerprint density at radius 2 is 1.79 bits per heavy atom. The number of nitrogens with one attached hydrogen (secondary N) is 2. The van der Waals surface area contributed by atoms with E-state index in [-0.39, 0.29) is 11.3 Å². The normalized spacial score (nSPS) is 30.5. The zero-order valence-electron chi connectivity index (χ0n) is 16.8. The van der Waals surface area contributed by atoms with E-state index in [1.807, 2.05) is 24.3 Å². The monoisotopic (exact) mass is 377 g/mol. The van der Waals surface area contributed by atoms with Gasteiger partial charge in [0.1, 0.15) is 5.82 Å². The number of pyridine rings is 1. The van der Waals surface area contributed by atoms with E-state index in [4.69, 9.17) is 4.98 Å². The minimum atomic E-state index is 0.183. The first-order valence-electron chi connectivity index (χ1n) is 11.1. The largest absolute Gasteiger partial charge is 0.370 e. The zero-order valence-corrected chi connectivity index (χ0v) is 16.8. The number of carbonyl (C=O) groups excluding carboxylic acids is 1. The second-order valence-corrected chi connectivity index (χ2v) is 9.64. The maximum atomic E-state index is 13.0. The van der Waals surface area contributed by atoms with E-state index in [9.17, 15) is 4.79 Å². The Balaban J connectivity index is 1.32. The van der Waals surface area contributed by atoms with Crippen molar-refractivity contribution < 1.29 is 4.79 Å². The summed E-state index contributed by atoms with van der Waals surface area (Å²) in [6.45, 7) is 3.06. The van der Waals surface area contributed by atoms with Crippen molar-refractivity contribution in [2.75, 3.05) is 17.2 Å². The third-order valence-electron chi connectivity index (χ3n) is 7.26. The molecule has 0 radical (unpaired) electrons. The molecule has 4 aliphatic rings. The van der Waals surface area contributed by atoms with Crippen molar-refractivity contribution in [2.24, 2.45) is 23.2 Å². The Kier molecular flexibility index (Phi) is 4.53. The second-order valence-electron chi connectivity index (χ2n) is 9.64. The first-order chi connectivity index (χ1) is 13.6. The van der Waals surface area contributed by atoms with Crippen LogP contribution < -0.4 is 10.6 Å². The van der Waals surface area contributed by atoms with Crippen molar-refractivity contribution in [3.8, 4) is 0 Å². The summed E-state index contributed by atoms with van der Waals surface area (Å²) in [6.07, 6.45) is 9.84. The second kappa shape index (κ2) is 7.06. The fraction of sp³-hybridized carbons (Fsp3) is 0.583. The molecule has 2 N–H and O–H groups in total. The number of nitrogens with zero attached hydrogens (tertiary/aromatic N) is 1. The lowest BCUT2D eigenvalue weighted by Crippen LogP contribution is -2.47. The first-order valence-corrected chi connectivity index (χ1v) is 11.1. The third-order valence-corrected chi connectivity index (χ3v) is 7.26. The molecule has 1 aromatic heterocycles. The van der Waals surface area contributed by atoms with E-state index in [1.54, 1.807) is 0 Å². The van der Waals surface area contributed by atoms with Crippen LogP contribution in [0.15, 0.2) is 30.3 Å². The summed E-state index contributed by atoms with van der Waals surface area (Å²) in [4.78, 5) is 17.7. The highest BCUT2D eigenvalue weighted by molar-refractivity contribution is 6.01. The van der Waals surface area contributed by atoms with Crippen LogP contribution in [0.3, 0.4) is 0 Å². The average molecular weight is 378 g/mol. The Hall–Kier alpha value is -2.10. The van der Waals surface area contributed by atoms with Crippen molar-refractivity contribution in [1.82, 2.24) is 4.98 Å². The van der Waals surface area contributed by atoms with Crippen LogP contribution in [0.5, 0.6) is 0 Å². The van der Waals surface area contributed by atoms with Gasteiger partial charge in [-0.1, -0.05) is 13.0 Å². The van der Waals surface area contributed by atoms with Crippen molar-refractivity contribution in [1.29, 1.82) is 0 Å². The molecule has 1 heterocycles. The molecule has 1 amide bonds. The molecule has 0 unspecified atom stereocenters. The SMILES string of the molecule is CCCNc1ccc2c(NC(=O)CC34CC5CC(CC(C5)C3)C4)cccc2n1. The van der Waals surface area contributed by atoms with Gasteiger partial charge in [-0.3, -0.25) is 4.79 Å². The molecule has 2 aromatic rings. The van der Waals surface area contributed by atoms with E-state index in [1.165, 1.54) is 38.5 Å². The van der Waals surface area contributed by atoms with Crippen LogP contribution >= 0.6 is 0 Å². The van der Waals surface area contributed by atoms with Crippen LogP contribution in [0.4, 0.5) is 11.5 Å². The van der Waals surface area contributed by atoms with Gasteiger partial charge in [-0.15, -0.1) is 0 Å². The Morgan fingerprint density at radius 3 is 2.46 bits per heavy atom. The number of fused-ring (bicyclic) bond motifs is 1. The minimum Gasteiger partial charge on any atom is -0.370 e. The molecule has 4 fully saturated rings. The summed E-state index contributed by atoms with van der Waals surface area (Å²) in [7, 11) is 0. The van der Waals surface area contributed by atoms with Gasteiger partial charge in [-0.05, 0) is 92.4 Å². The topological polar surface area (TPSA) is 54.0 Å². The van der Waals surface area contributed by atoms with E-state index in [0.717, 1.165) is 53.1 Å². The lowest BCUT2D eigenvalue weighted by Gasteiger charge is -2.56. The molecule has 6 rings (SSSR count). The predicted molar refractivity (Wildman–Crippen MR) is 114 cm³/mol. The van der Waals surface area contributed by atoms with Crippen LogP contribution in [0.1, 0.15) is 58.3 Å². The number of anilines is 2. The molecule has 4 nitrogen and oxygen atoms in total. The lowest BCUT2D eigenvalue weighted by atomic mass is 9.49. The molecule has 4 bridgehead atoms. The summed E-state index contributed by atoms with van der Waals surface area (Å²) < 4.78 is 0. The van der Waals surface area contributed by atoms with E-state index in [0.29, 0.717) is 6.42 Å². The van der Waals surface area contributed by atoms with Gasteiger partial charge in [-0.25, -0.2) is 4.98 Å². The quantitative estimate of drug-likeness (QED) is 0.689. The maximum Gasteiger partial charge on any atom is 0.224 e. The van der Waals surface area contributed by atoms with Crippen molar-refractivity contribution in [3.05, 3.63) is 30.3 Å². The molecule has 0 atom stereocenters. The van der Waals surface area contributed by atoms with Crippen molar-refractivity contribution in [3.63, 3.8) is 0 Å². The molecule has 4 aliphatic carbocycles. The third kappa shape index (κ3) is 3.38. The zero-order chi connectivity index (χ0) is 19.1. The predicted octanol–water partition coefficient (Wildman–Crippen LogP) is 5.60. The summed E-state index contributed by atoms with van der Waals surface area (Å²) >= 11 is 0. The number of carbonyl (C=O) groups is 1. The first kappa shape index (κ1) is 18.0.